The molecule has 0 saturated carbocycles. The van der Waals surface area contributed by atoms with Crippen LogP contribution in [0.15, 0.2) is 67.0 Å². The largest absolute Gasteiger partial charge is 0.399 e. The first kappa shape index (κ1) is 15.1. The molecular weight excluding hydrogens is 310 g/mol. The van der Waals surface area contributed by atoms with Gasteiger partial charge in [0.2, 0.25) is 0 Å². The van der Waals surface area contributed by atoms with Crippen LogP contribution >= 0.6 is 0 Å². The highest BCUT2D eigenvalue weighted by atomic mass is 15.0. The summed E-state index contributed by atoms with van der Waals surface area (Å²) in [5.41, 5.74) is 10.5. The summed E-state index contributed by atoms with van der Waals surface area (Å²) in [6, 6.07) is 17.6. The monoisotopic (exact) mass is 327 g/mol. The molecule has 2 heterocycles. The Balaban J connectivity index is 1.85. The van der Waals surface area contributed by atoms with Gasteiger partial charge in [-0.3, -0.25) is 4.98 Å². The number of benzene rings is 2. The zero-order valence-electron chi connectivity index (χ0n) is 13.8. The van der Waals surface area contributed by atoms with E-state index in [9.17, 15) is 0 Å². The van der Waals surface area contributed by atoms with Gasteiger partial charge in [0.05, 0.1) is 5.52 Å². The molecule has 122 valence electrons. The Hall–Kier alpha value is -3.47. The summed E-state index contributed by atoms with van der Waals surface area (Å²) < 4.78 is 0. The van der Waals surface area contributed by atoms with Crippen molar-refractivity contribution in [2.24, 2.45) is 0 Å². The Morgan fingerprint density at radius 2 is 1.72 bits per heavy atom. The van der Waals surface area contributed by atoms with Crippen molar-refractivity contribution in [2.45, 2.75) is 6.92 Å². The fraction of sp³-hybridized carbons (Fsp3) is 0.0500. The van der Waals surface area contributed by atoms with Crippen LogP contribution in [0.5, 0.6) is 0 Å². The molecule has 2 aromatic heterocycles. The number of aromatic nitrogens is 3. The van der Waals surface area contributed by atoms with Gasteiger partial charge in [0.25, 0.3) is 0 Å². The van der Waals surface area contributed by atoms with Gasteiger partial charge in [-0.1, -0.05) is 12.1 Å². The zero-order chi connectivity index (χ0) is 17.2. The fourth-order valence-electron chi connectivity index (χ4n) is 2.69. The second-order valence-electron chi connectivity index (χ2n) is 5.85. The average molecular weight is 327 g/mol. The van der Waals surface area contributed by atoms with Crippen LogP contribution in [0.25, 0.3) is 22.3 Å². The minimum atomic E-state index is 0.663. The van der Waals surface area contributed by atoms with Crippen molar-refractivity contribution < 1.29 is 0 Å². The molecule has 0 amide bonds. The third kappa shape index (κ3) is 2.99. The number of nitrogen functional groups attached to an aromatic ring is 1. The molecule has 0 saturated heterocycles. The Morgan fingerprint density at radius 3 is 2.52 bits per heavy atom. The van der Waals surface area contributed by atoms with E-state index in [0.29, 0.717) is 5.82 Å². The molecule has 5 nitrogen and oxygen atoms in total. The lowest BCUT2D eigenvalue weighted by Crippen LogP contribution is -2.00. The zero-order valence-corrected chi connectivity index (χ0v) is 13.8. The third-order valence-electron chi connectivity index (χ3n) is 4.07. The summed E-state index contributed by atoms with van der Waals surface area (Å²) in [6.07, 6.45) is 3.48. The van der Waals surface area contributed by atoms with E-state index in [0.717, 1.165) is 39.2 Å². The number of nitrogens with two attached hydrogens (primary N) is 1. The number of anilines is 3. The summed E-state index contributed by atoms with van der Waals surface area (Å²) >= 11 is 0. The highest BCUT2D eigenvalue weighted by Gasteiger charge is 2.10. The molecule has 0 radical (unpaired) electrons. The molecule has 3 N–H and O–H groups in total. The van der Waals surface area contributed by atoms with Crippen molar-refractivity contribution >= 4 is 28.1 Å². The molecule has 0 spiro atoms. The van der Waals surface area contributed by atoms with E-state index in [4.69, 9.17) is 10.7 Å². The first-order valence-corrected chi connectivity index (χ1v) is 8.01. The van der Waals surface area contributed by atoms with Crippen LogP contribution < -0.4 is 11.1 Å². The number of nitrogens with zero attached hydrogens (tertiary/aromatic N) is 3. The van der Waals surface area contributed by atoms with Gasteiger partial charge in [-0.2, -0.15) is 0 Å². The molecular formula is C20H17N5. The Morgan fingerprint density at radius 1 is 0.920 bits per heavy atom. The smallest absolute Gasteiger partial charge is 0.162 e. The first-order valence-electron chi connectivity index (χ1n) is 8.01. The van der Waals surface area contributed by atoms with Crippen LogP contribution in [0, 0.1) is 6.92 Å². The molecule has 4 aromatic rings. The van der Waals surface area contributed by atoms with Crippen molar-refractivity contribution in [3.05, 3.63) is 72.6 Å². The number of rotatable bonds is 3. The summed E-state index contributed by atoms with van der Waals surface area (Å²) in [5.74, 6) is 1.43. The quantitative estimate of drug-likeness (QED) is 0.548. The van der Waals surface area contributed by atoms with Gasteiger partial charge >= 0.3 is 0 Å². The number of aryl methyl sites for hydroxylation is 1. The van der Waals surface area contributed by atoms with E-state index in [1.165, 1.54) is 0 Å². The predicted molar refractivity (Wildman–Crippen MR) is 102 cm³/mol. The molecule has 0 fully saturated rings. The lowest BCUT2D eigenvalue weighted by atomic mass is 10.1. The number of hydrogen-bond donors (Lipinski definition) is 2. The molecule has 2 aromatic carbocycles. The van der Waals surface area contributed by atoms with Crippen LogP contribution in [0.4, 0.5) is 17.2 Å². The van der Waals surface area contributed by atoms with Crippen LogP contribution in [0.2, 0.25) is 0 Å². The van der Waals surface area contributed by atoms with Crippen LogP contribution in [0.1, 0.15) is 5.56 Å². The summed E-state index contributed by atoms with van der Waals surface area (Å²) in [6.45, 7) is 1.99. The van der Waals surface area contributed by atoms with Crippen LogP contribution in [-0.4, -0.2) is 15.0 Å². The standard InChI is InChI=1S/C20H17N5/c1-13-12-15(6-7-17(13)21)23-20-16-4-2-3-5-18(16)24-19(25-20)14-8-10-22-11-9-14/h2-12H,21H2,1H3,(H,23,24,25). The third-order valence-corrected chi connectivity index (χ3v) is 4.07. The number of hydrogen-bond acceptors (Lipinski definition) is 5. The molecule has 0 unspecified atom stereocenters. The Labute approximate surface area is 145 Å². The van der Waals surface area contributed by atoms with Crippen molar-refractivity contribution in [1.82, 2.24) is 15.0 Å². The first-order chi connectivity index (χ1) is 12.2. The Bertz CT molecular complexity index is 1040. The molecule has 25 heavy (non-hydrogen) atoms. The van der Waals surface area contributed by atoms with E-state index in [1.54, 1.807) is 12.4 Å². The van der Waals surface area contributed by atoms with Gasteiger partial charge < -0.3 is 11.1 Å². The summed E-state index contributed by atoms with van der Waals surface area (Å²) in [7, 11) is 0. The minimum Gasteiger partial charge on any atom is -0.399 e. The van der Waals surface area contributed by atoms with Gasteiger partial charge in [-0.05, 0) is 55.0 Å². The topological polar surface area (TPSA) is 76.7 Å². The van der Waals surface area contributed by atoms with Crippen molar-refractivity contribution in [3.63, 3.8) is 0 Å². The second kappa shape index (κ2) is 6.20. The van der Waals surface area contributed by atoms with Crippen LogP contribution in [0.3, 0.4) is 0 Å². The maximum absolute atomic E-state index is 5.91. The molecule has 5 heteroatoms. The van der Waals surface area contributed by atoms with Crippen molar-refractivity contribution in [2.75, 3.05) is 11.1 Å². The number of para-hydroxylation sites is 1. The molecule has 0 aliphatic rings. The van der Waals surface area contributed by atoms with Crippen molar-refractivity contribution in [1.29, 1.82) is 0 Å². The molecule has 0 bridgehead atoms. The Kier molecular flexibility index (Phi) is 3.74. The second-order valence-corrected chi connectivity index (χ2v) is 5.85. The van der Waals surface area contributed by atoms with E-state index >= 15 is 0 Å². The van der Waals surface area contributed by atoms with E-state index in [2.05, 4.69) is 15.3 Å². The molecule has 0 aliphatic heterocycles. The SMILES string of the molecule is Cc1cc(Nc2nc(-c3ccncc3)nc3ccccc23)ccc1N. The van der Waals surface area contributed by atoms with E-state index in [-0.39, 0.29) is 0 Å². The predicted octanol–water partition coefficient (Wildman–Crippen LogP) is 4.33. The lowest BCUT2D eigenvalue weighted by molar-refractivity contribution is 1.21. The minimum absolute atomic E-state index is 0.663. The molecule has 4 rings (SSSR count). The van der Waals surface area contributed by atoms with Gasteiger partial charge in [0, 0.05) is 34.7 Å². The number of fused-ring (bicyclic) bond motifs is 1. The van der Waals surface area contributed by atoms with Gasteiger partial charge in [0.1, 0.15) is 5.82 Å². The van der Waals surface area contributed by atoms with Crippen LogP contribution in [-0.2, 0) is 0 Å². The van der Waals surface area contributed by atoms with E-state index in [1.807, 2.05) is 61.5 Å². The number of pyridine rings is 1. The lowest BCUT2D eigenvalue weighted by Gasteiger charge is -2.12. The highest BCUT2D eigenvalue weighted by Crippen LogP contribution is 2.28. The average Bonchev–Trinajstić information content (AvgIpc) is 2.65. The normalized spacial score (nSPS) is 10.8. The van der Waals surface area contributed by atoms with Gasteiger partial charge in [-0.25, -0.2) is 9.97 Å². The van der Waals surface area contributed by atoms with Gasteiger partial charge in [0.15, 0.2) is 5.82 Å². The van der Waals surface area contributed by atoms with E-state index < -0.39 is 0 Å². The van der Waals surface area contributed by atoms with Gasteiger partial charge in [-0.15, -0.1) is 0 Å². The summed E-state index contributed by atoms with van der Waals surface area (Å²) in [4.78, 5) is 13.5. The molecule has 0 atom stereocenters. The van der Waals surface area contributed by atoms with Crippen molar-refractivity contribution in [3.8, 4) is 11.4 Å². The summed E-state index contributed by atoms with van der Waals surface area (Å²) in [5, 5.41) is 4.37. The maximum Gasteiger partial charge on any atom is 0.162 e. The fourth-order valence-corrected chi connectivity index (χ4v) is 2.69. The maximum atomic E-state index is 5.91. The number of nitrogens with one attached hydrogen (secondary N) is 1. The highest BCUT2D eigenvalue weighted by molar-refractivity contribution is 5.92. The molecule has 0 aliphatic carbocycles.